The maximum atomic E-state index is 12.9. The van der Waals surface area contributed by atoms with Crippen molar-refractivity contribution >= 4 is 17.5 Å². The van der Waals surface area contributed by atoms with E-state index in [-0.39, 0.29) is 23.8 Å². The molecule has 2 aromatic rings. The number of hydrogen-bond acceptors (Lipinski definition) is 4. The van der Waals surface area contributed by atoms with Gasteiger partial charge >= 0.3 is 0 Å². The van der Waals surface area contributed by atoms with Crippen LogP contribution in [0.25, 0.3) is 0 Å². The average Bonchev–Trinajstić information content (AvgIpc) is 2.91. The highest BCUT2D eigenvalue weighted by atomic mass is 16.2. The van der Waals surface area contributed by atoms with Crippen molar-refractivity contribution in [3.05, 3.63) is 65.2 Å². The van der Waals surface area contributed by atoms with Crippen molar-refractivity contribution < 1.29 is 9.59 Å². The van der Waals surface area contributed by atoms with Crippen molar-refractivity contribution in [3.63, 3.8) is 0 Å². The van der Waals surface area contributed by atoms with Gasteiger partial charge in [-0.15, -0.1) is 0 Å². The SMILES string of the molecule is CCN(CC)C(=O)c1ccc([C@H](c2cccc(NC(=O)C3CCCCC3)c2)N2CCNCC2)cc1. The molecule has 2 N–H and O–H groups in total. The lowest BCUT2D eigenvalue weighted by Gasteiger charge is -2.36. The molecule has 0 bridgehead atoms. The van der Waals surface area contributed by atoms with Gasteiger partial charge < -0.3 is 15.5 Å². The molecule has 35 heavy (non-hydrogen) atoms. The summed E-state index contributed by atoms with van der Waals surface area (Å²) in [7, 11) is 0. The zero-order valence-electron chi connectivity index (χ0n) is 21.3. The molecule has 188 valence electrons. The van der Waals surface area contributed by atoms with E-state index in [1.807, 2.05) is 43.0 Å². The van der Waals surface area contributed by atoms with E-state index in [9.17, 15) is 9.59 Å². The van der Waals surface area contributed by atoms with Crippen LogP contribution in [0, 0.1) is 5.92 Å². The molecule has 2 aliphatic rings. The van der Waals surface area contributed by atoms with Crippen molar-refractivity contribution in [2.24, 2.45) is 5.92 Å². The first-order valence-electron chi connectivity index (χ1n) is 13.4. The summed E-state index contributed by atoms with van der Waals surface area (Å²) in [6, 6.07) is 16.5. The van der Waals surface area contributed by atoms with Gasteiger partial charge in [-0.05, 0) is 62.1 Å². The van der Waals surface area contributed by atoms with Gasteiger partial charge in [0.2, 0.25) is 5.91 Å². The lowest BCUT2D eigenvalue weighted by molar-refractivity contribution is -0.120. The van der Waals surface area contributed by atoms with Crippen LogP contribution in [0.2, 0.25) is 0 Å². The monoisotopic (exact) mass is 476 g/mol. The Morgan fingerprint density at radius 1 is 0.971 bits per heavy atom. The van der Waals surface area contributed by atoms with E-state index in [0.29, 0.717) is 13.1 Å². The van der Waals surface area contributed by atoms with Crippen molar-refractivity contribution in [2.45, 2.75) is 52.0 Å². The second kappa shape index (κ2) is 12.3. The minimum Gasteiger partial charge on any atom is -0.339 e. The second-order valence-electron chi connectivity index (χ2n) is 9.74. The molecule has 0 aromatic heterocycles. The summed E-state index contributed by atoms with van der Waals surface area (Å²) in [4.78, 5) is 30.0. The van der Waals surface area contributed by atoms with Gasteiger partial charge in [0, 0.05) is 56.4 Å². The molecular weight excluding hydrogens is 436 g/mol. The van der Waals surface area contributed by atoms with Crippen molar-refractivity contribution in [3.8, 4) is 0 Å². The molecule has 4 rings (SSSR count). The fourth-order valence-corrected chi connectivity index (χ4v) is 5.45. The standard InChI is InChI=1S/C29H40N4O2/c1-3-32(4-2)29(35)24-15-13-22(14-16-24)27(33-19-17-30-18-20-33)25-11-8-12-26(21-25)31-28(34)23-9-6-5-7-10-23/h8,11-16,21,23,27,30H,3-7,9-10,17-20H2,1-2H3,(H,31,34)/t27-/m1/s1. The minimum atomic E-state index is 0.0706. The van der Waals surface area contributed by atoms with Crippen LogP contribution in [-0.2, 0) is 4.79 Å². The molecule has 1 saturated carbocycles. The molecule has 1 heterocycles. The molecule has 1 atom stereocenters. The smallest absolute Gasteiger partial charge is 0.253 e. The predicted molar refractivity (Wildman–Crippen MR) is 142 cm³/mol. The van der Waals surface area contributed by atoms with E-state index < -0.39 is 0 Å². The Hall–Kier alpha value is -2.70. The predicted octanol–water partition coefficient (Wildman–Crippen LogP) is 4.68. The summed E-state index contributed by atoms with van der Waals surface area (Å²) in [6.45, 7) is 9.24. The minimum absolute atomic E-state index is 0.0706. The molecular formula is C29H40N4O2. The maximum absolute atomic E-state index is 12.9. The molecule has 1 aliphatic carbocycles. The van der Waals surface area contributed by atoms with Crippen LogP contribution in [-0.4, -0.2) is 60.9 Å². The van der Waals surface area contributed by atoms with E-state index in [4.69, 9.17) is 0 Å². The van der Waals surface area contributed by atoms with Gasteiger partial charge in [-0.1, -0.05) is 43.5 Å². The number of nitrogens with zero attached hydrogens (tertiary/aromatic N) is 2. The van der Waals surface area contributed by atoms with Crippen LogP contribution < -0.4 is 10.6 Å². The quantitative estimate of drug-likeness (QED) is 0.581. The van der Waals surface area contributed by atoms with Crippen LogP contribution in [0.15, 0.2) is 48.5 Å². The van der Waals surface area contributed by atoms with Gasteiger partial charge in [0.1, 0.15) is 0 Å². The molecule has 6 heteroatoms. The normalized spacial score (nSPS) is 18.1. The van der Waals surface area contributed by atoms with Crippen LogP contribution in [0.5, 0.6) is 0 Å². The molecule has 0 unspecified atom stereocenters. The fraction of sp³-hybridized carbons (Fsp3) is 0.517. The Morgan fingerprint density at radius 2 is 1.66 bits per heavy atom. The molecule has 6 nitrogen and oxygen atoms in total. The highest BCUT2D eigenvalue weighted by Gasteiger charge is 2.26. The number of carbonyl (C=O) groups excluding carboxylic acids is 2. The van der Waals surface area contributed by atoms with Gasteiger partial charge in [0.25, 0.3) is 5.91 Å². The molecule has 0 radical (unpaired) electrons. The number of piperazine rings is 1. The largest absolute Gasteiger partial charge is 0.339 e. The molecule has 2 amide bonds. The maximum Gasteiger partial charge on any atom is 0.253 e. The zero-order valence-corrected chi connectivity index (χ0v) is 21.3. The first-order chi connectivity index (χ1) is 17.1. The third-order valence-electron chi connectivity index (χ3n) is 7.49. The third kappa shape index (κ3) is 6.30. The van der Waals surface area contributed by atoms with E-state index in [1.165, 1.54) is 12.0 Å². The number of carbonyl (C=O) groups is 2. The Bertz CT molecular complexity index is 974. The summed E-state index contributed by atoms with van der Waals surface area (Å²) < 4.78 is 0. The van der Waals surface area contributed by atoms with E-state index in [0.717, 1.165) is 68.7 Å². The molecule has 2 fully saturated rings. The van der Waals surface area contributed by atoms with Crippen LogP contribution in [0.1, 0.15) is 73.5 Å². The topological polar surface area (TPSA) is 64.7 Å². The number of hydrogen-bond donors (Lipinski definition) is 2. The van der Waals surface area contributed by atoms with E-state index >= 15 is 0 Å². The fourth-order valence-electron chi connectivity index (χ4n) is 5.45. The summed E-state index contributed by atoms with van der Waals surface area (Å²) in [5, 5.41) is 6.64. The van der Waals surface area contributed by atoms with Gasteiger partial charge in [0.15, 0.2) is 0 Å². The van der Waals surface area contributed by atoms with E-state index in [2.05, 4.69) is 39.8 Å². The Morgan fingerprint density at radius 3 is 2.31 bits per heavy atom. The average molecular weight is 477 g/mol. The molecule has 2 aromatic carbocycles. The third-order valence-corrected chi connectivity index (χ3v) is 7.49. The first-order valence-corrected chi connectivity index (χ1v) is 13.4. The first kappa shape index (κ1) is 25.4. The number of benzene rings is 2. The molecule has 0 spiro atoms. The number of rotatable bonds is 8. The van der Waals surface area contributed by atoms with Gasteiger partial charge in [-0.3, -0.25) is 14.5 Å². The summed E-state index contributed by atoms with van der Waals surface area (Å²) in [6.07, 6.45) is 5.53. The lowest BCUT2D eigenvalue weighted by Crippen LogP contribution is -2.45. The number of amides is 2. The van der Waals surface area contributed by atoms with Crippen LogP contribution >= 0.6 is 0 Å². The molecule has 1 aliphatic heterocycles. The van der Waals surface area contributed by atoms with Crippen molar-refractivity contribution in [2.75, 3.05) is 44.6 Å². The highest BCUT2D eigenvalue weighted by molar-refractivity contribution is 5.94. The van der Waals surface area contributed by atoms with E-state index in [1.54, 1.807) is 0 Å². The van der Waals surface area contributed by atoms with Crippen molar-refractivity contribution in [1.29, 1.82) is 0 Å². The Labute approximate surface area is 210 Å². The highest BCUT2D eigenvalue weighted by Crippen LogP contribution is 2.32. The number of nitrogens with one attached hydrogen (secondary N) is 2. The van der Waals surface area contributed by atoms with Crippen molar-refractivity contribution in [1.82, 2.24) is 15.1 Å². The second-order valence-corrected chi connectivity index (χ2v) is 9.74. The van der Waals surface area contributed by atoms with Gasteiger partial charge in [0.05, 0.1) is 6.04 Å². The Balaban J connectivity index is 1.58. The van der Waals surface area contributed by atoms with Gasteiger partial charge in [-0.25, -0.2) is 0 Å². The lowest BCUT2D eigenvalue weighted by atomic mass is 9.88. The Kier molecular flexibility index (Phi) is 8.94. The summed E-state index contributed by atoms with van der Waals surface area (Å²) in [5.74, 6) is 0.361. The van der Waals surface area contributed by atoms with Crippen LogP contribution in [0.3, 0.4) is 0 Å². The van der Waals surface area contributed by atoms with Gasteiger partial charge in [-0.2, -0.15) is 0 Å². The number of anilines is 1. The zero-order chi connectivity index (χ0) is 24.6. The van der Waals surface area contributed by atoms with Crippen LogP contribution in [0.4, 0.5) is 5.69 Å². The molecule has 1 saturated heterocycles. The summed E-state index contributed by atoms with van der Waals surface area (Å²) in [5.41, 5.74) is 3.92. The summed E-state index contributed by atoms with van der Waals surface area (Å²) >= 11 is 0.